The van der Waals surface area contributed by atoms with Crippen molar-refractivity contribution < 1.29 is 26.5 Å². The maximum atomic E-state index is 13.5. The van der Waals surface area contributed by atoms with Gasteiger partial charge in [-0.05, 0) is 6.54 Å². The molecule has 0 bridgehead atoms. The summed E-state index contributed by atoms with van der Waals surface area (Å²) in [5.74, 6) is -11.1. The molecule has 0 saturated carbocycles. The highest BCUT2D eigenvalue weighted by Gasteiger charge is 2.29. The van der Waals surface area contributed by atoms with Crippen LogP contribution in [0.4, 0.5) is 22.0 Å². The predicted octanol–water partition coefficient (Wildman–Crippen LogP) is 2.54. The molecule has 0 amide bonds. The third kappa shape index (κ3) is 2.36. The largest absolute Gasteiger partial charge is 0.334 e. The van der Waals surface area contributed by atoms with Crippen LogP contribution in [0.15, 0.2) is 4.52 Å². The normalized spacial score (nSPS) is 11.1. The fourth-order valence-corrected chi connectivity index (χ4v) is 1.46. The summed E-state index contributed by atoms with van der Waals surface area (Å²) in [6.45, 7) is 2.51. The van der Waals surface area contributed by atoms with Crippen LogP contribution in [0.1, 0.15) is 12.7 Å². The van der Waals surface area contributed by atoms with Crippen molar-refractivity contribution in [2.75, 3.05) is 6.54 Å². The highest BCUT2D eigenvalue weighted by Crippen LogP contribution is 2.30. The smallest absolute Gasteiger partial charge is 0.264 e. The highest BCUT2D eigenvalue weighted by atomic mass is 19.2. The minimum Gasteiger partial charge on any atom is -0.334 e. The Morgan fingerprint density at radius 3 is 2.05 bits per heavy atom. The summed E-state index contributed by atoms with van der Waals surface area (Å²) >= 11 is 0. The Labute approximate surface area is 109 Å². The molecule has 0 radical (unpaired) electrons. The van der Waals surface area contributed by atoms with Crippen molar-refractivity contribution in [3.63, 3.8) is 0 Å². The van der Waals surface area contributed by atoms with Gasteiger partial charge in [0.15, 0.2) is 29.1 Å². The number of benzene rings is 1. The summed E-state index contributed by atoms with van der Waals surface area (Å²) in [4.78, 5) is 3.58. The van der Waals surface area contributed by atoms with Gasteiger partial charge in [-0.1, -0.05) is 12.1 Å². The Morgan fingerprint density at radius 1 is 0.950 bits per heavy atom. The Kier molecular flexibility index (Phi) is 3.98. The van der Waals surface area contributed by atoms with Crippen LogP contribution >= 0.6 is 0 Å². The average molecular weight is 293 g/mol. The van der Waals surface area contributed by atoms with Crippen molar-refractivity contribution in [1.82, 2.24) is 15.5 Å². The standard InChI is InChI=1S/C11H8F5N3O/c1-2-17-3-4-18-11(20-19-4)5-6(12)8(14)10(16)9(15)7(5)13/h17H,2-3H2,1H3. The number of rotatable bonds is 4. The summed E-state index contributed by atoms with van der Waals surface area (Å²) < 4.78 is 70.4. The summed E-state index contributed by atoms with van der Waals surface area (Å²) in [7, 11) is 0. The van der Waals surface area contributed by atoms with Gasteiger partial charge in [0.1, 0.15) is 5.56 Å². The molecule has 1 aromatic heterocycles. The topological polar surface area (TPSA) is 51.0 Å². The molecule has 4 nitrogen and oxygen atoms in total. The molecule has 0 spiro atoms. The Hall–Kier alpha value is -2.03. The van der Waals surface area contributed by atoms with Gasteiger partial charge in [0.25, 0.3) is 5.89 Å². The molecule has 0 saturated heterocycles. The van der Waals surface area contributed by atoms with E-state index < -0.39 is 40.5 Å². The average Bonchev–Trinajstić information content (AvgIpc) is 2.89. The molecular formula is C11H8F5N3O. The molecule has 0 fully saturated rings. The number of nitrogens with one attached hydrogen (secondary N) is 1. The molecule has 0 unspecified atom stereocenters. The van der Waals surface area contributed by atoms with E-state index in [2.05, 4.69) is 20.0 Å². The first-order chi connectivity index (χ1) is 9.47. The lowest BCUT2D eigenvalue weighted by Crippen LogP contribution is -2.12. The molecule has 0 aliphatic heterocycles. The molecule has 1 heterocycles. The zero-order chi connectivity index (χ0) is 14.9. The summed E-state index contributed by atoms with van der Waals surface area (Å²) in [5, 5.41) is 6.18. The van der Waals surface area contributed by atoms with Gasteiger partial charge in [-0.25, -0.2) is 22.0 Å². The predicted molar refractivity (Wildman–Crippen MR) is 56.9 cm³/mol. The van der Waals surface area contributed by atoms with Crippen LogP contribution in [-0.4, -0.2) is 16.7 Å². The zero-order valence-corrected chi connectivity index (χ0v) is 10.1. The van der Waals surface area contributed by atoms with E-state index in [0.717, 1.165) is 0 Å². The van der Waals surface area contributed by atoms with Crippen molar-refractivity contribution in [2.24, 2.45) is 0 Å². The van der Waals surface area contributed by atoms with E-state index >= 15 is 0 Å². The van der Waals surface area contributed by atoms with Crippen LogP contribution in [0.25, 0.3) is 11.5 Å². The number of halogens is 5. The molecule has 108 valence electrons. The van der Waals surface area contributed by atoms with Crippen molar-refractivity contribution in [3.05, 3.63) is 34.9 Å². The fourth-order valence-electron chi connectivity index (χ4n) is 1.46. The number of aromatic nitrogens is 2. The lowest BCUT2D eigenvalue weighted by atomic mass is 10.1. The number of hydrogen-bond donors (Lipinski definition) is 1. The second-order valence-corrected chi connectivity index (χ2v) is 3.74. The molecule has 20 heavy (non-hydrogen) atoms. The molecular weight excluding hydrogens is 285 g/mol. The number of nitrogens with zero attached hydrogens (tertiary/aromatic N) is 2. The fraction of sp³-hybridized carbons (Fsp3) is 0.273. The first-order valence-electron chi connectivity index (χ1n) is 5.52. The van der Waals surface area contributed by atoms with E-state index in [-0.39, 0.29) is 12.4 Å². The molecule has 0 aliphatic carbocycles. The van der Waals surface area contributed by atoms with E-state index in [1.54, 1.807) is 6.92 Å². The third-order valence-electron chi connectivity index (χ3n) is 2.42. The Balaban J connectivity index is 2.50. The van der Waals surface area contributed by atoms with Crippen LogP contribution in [0, 0.1) is 29.1 Å². The van der Waals surface area contributed by atoms with Gasteiger partial charge >= 0.3 is 0 Å². The van der Waals surface area contributed by atoms with Crippen molar-refractivity contribution in [3.8, 4) is 11.5 Å². The highest BCUT2D eigenvalue weighted by molar-refractivity contribution is 5.55. The molecule has 9 heteroatoms. The SMILES string of the molecule is CCNCc1noc(-c2c(F)c(F)c(F)c(F)c2F)n1. The molecule has 1 N–H and O–H groups in total. The maximum absolute atomic E-state index is 13.5. The van der Waals surface area contributed by atoms with E-state index in [4.69, 9.17) is 0 Å². The van der Waals surface area contributed by atoms with Crippen LogP contribution in [0.3, 0.4) is 0 Å². The molecule has 0 aliphatic rings. The van der Waals surface area contributed by atoms with E-state index in [0.29, 0.717) is 6.54 Å². The Morgan fingerprint density at radius 2 is 1.50 bits per heavy atom. The first-order valence-corrected chi connectivity index (χ1v) is 5.52. The molecule has 0 atom stereocenters. The van der Waals surface area contributed by atoms with E-state index in [1.807, 2.05) is 0 Å². The van der Waals surface area contributed by atoms with Gasteiger partial charge in [0.2, 0.25) is 5.82 Å². The van der Waals surface area contributed by atoms with Crippen molar-refractivity contribution in [1.29, 1.82) is 0 Å². The maximum Gasteiger partial charge on any atom is 0.264 e. The second kappa shape index (κ2) is 5.53. The Bertz CT molecular complexity index is 614. The van der Waals surface area contributed by atoms with E-state index in [1.165, 1.54) is 0 Å². The lowest BCUT2D eigenvalue weighted by molar-refractivity contribution is 0.371. The van der Waals surface area contributed by atoms with Gasteiger partial charge < -0.3 is 9.84 Å². The van der Waals surface area contributed by atoms with Crippen LogP contribution < -0.4 is 5.32 Å². The van der Waals surface area contributed by atoms with Crippen LogP contribution in [-0.2, 0) is 6.54 Å². The summed E-state index contributed by atoms with van der Waals surface area (Å²) in [6.07, 6.45) is 0. The second-order valence-electron chi connectivity index (χ2n) is 3.74. The van der Waals surface area contributed by atoms with Crippen LogP contribution in [0.2, 0.25) is 0 Å². The van der Waals surface area contributed by atoms with Crippen molar-refractivity contribution in [2.45, 2.75) is 13.5 Å². The van der Waals surface area contributed by atoms with Gasteiger partial charge in [-0.3, -0.25) is 0 Å². The third-order valence-corrected chi connectivity index (χ3v) is 2.42. The molecule has 2 rings (SSSR count). The van der Waals surface area contributed by atoms with Gasteiger partial charge in [-0.2, -0.15) is 4.98 Å². The van der Waals surface area contributed by atoms with Crippen molar-refractivity contribution >= 4 is 0 Å². The number of hydrogen-bond acceptors (Lipinski definition) is 4. The molecule has 1 aromatic carbocycles. The van der Waals surface area contributed by atoms with Gasteiger partial charge in [0, 0.05) is 0 Å². The minimum absolute atomic E-state index is 0.0331. The lowest BCUT2D eigenvalue weighted by Gasteiger charge is -2.03. The molecule has 2 aromatic rings. The van der Waals surface area contributed by atoms with E-state index in [9.17, 15) is 22.0 Å². The monoisotopic (exact) mass is 293 g/mol. The first kappa shape index (κ1) is 14.4. The zero-order valence-electron chi connectivity index (χ0n) is 10.1. The van der Waals surface area contributed by atoms with Gasteiger partial charge in [-0.15, -0.1) is 0 Å². The van der Waals surface area contributed by atoms with Gasteiger partial charge in [0.05, 0.1) is 6.54 Å². The minimum atomic E-state index is -2.24. The quantitative estimate of drug-likeness (QED) is 0.535. The summed E-state index contributed by atoms with van der Waals surface area (Å²) in [5.41, 5.74) is -1.24. The van der Waals surface area contributed by atoms with Crippen LogP contribution in [0.5, 0.6) is 0 Å². The summed E-state index contributed by atoms with van der Waals surface area (Å²) in [6, 6.07) is 0.